The van der Waals surface area contributed by atoms with Crippen LogP contribution < -0.4 is 5.32 Å². The molecule has 2 unspecified atom stereocenters. The lowest BCUT2D eigenvalue weighted by Gasteiger charge is -2.41. The summed E-state index contributed by atoms with van der Waals surface area (Å²) in [5.74, 6) is -0.705. The van der Waals surface area contributed by atoms with Crippen molar-refractivity contribution < 1.29 is 9.90 Å². The first-order valence-electron chi connectivity index (χ1n) is 7.25. The number of benzene rings is 1. The number of carboxylic acids is 1. The maximum absolute atomic E-state index is 11.4. The van der Waals surface area contributed by atoms with E-state index in [2.05, 4.69) is 44.3 Å². The van der Waals surface area contributed by atoms with Crippen molar-refractivity contribution in [2.75, 3.05) is 18.9 Å². The van der Waals surface area contributed by atoms with Crippen molar-refractivity contribution in [1.82, 2.24) is 4.90 Å². The van der Waals surface area contributed by atoms with Crippen LogP contribution in [0.1, 0.15) is 23.5 Å². The van der Waals surface area contributed by atoms with Crippen LogP contribution in [0.2, 0.25) is 0 Å². The van der Waals surface area contributed by atoms with Crippen molar-refractivity contribution >= 4 is 33.2 Å². The van der Waals surface area contributed by atoms with Crippen molar-refractivity contribution in [3.8, 4) is 0 Å². The molecule has 1 aromatic rings. The van der Waals surface area contributed by atoms with E-state index in [1.54, 1.807) is 0 Å². The number of halogens is 1. The van der Waals surface area contributed by atoms with E-state index >= 15 is 0 Å². The van der Waals surface area contributed by atoms with Gasteiger partial charge in [-0.15, -0.1) is 0 Å². The molecule has 110 valence electrons. The van der Waals surface area contributed by atoms with Gasteiger partial charge in [0, 0.05) is 24.2 Å². The number of anilines is 1. The molecule has 2 N–H and O–H groups in total. The fourth-order valence-electron chi connectivity index (χ4n) is 4.00. The Morgan fingerprint density at radius 2 is 2.29 bits per heavy atom. The van der Waals surface area contributed by atoms with E-state index < -0.39 is 11.9 Å². The Kier molecular flexibility index (Phi) is 2.91. The van der Waals surface area contributed by atoms with Gasteiger partial charge in [-0.05, 0) is 36.2 Å². The van der Waals surface area contributed by atoms with Crippen molar-refractivity contribution in [3.05, 3.63) is 35.4 Å². The zero-order valence-electron chi connectivity index (χ0n) is 11.7. The summed E-state index contributed by atoms with van der Waals surface area (Å²) in [6, 6.07) is 6.61. The molecule has 1 aromatic carbocycles. The van der Waals surface area contributed by atoms with Crippen LogP contribution in [0.3, 0.4) is 0 Å². The molecule has 0 spiro atoms. The summed E-state index contributed by atoms with van der Waals surface area (Å²) in [5.41, 5.74) is 4.94. The summed E-state index contributed by atoms with van der Waals surface area (Å²) in [4.78, 5) is 13.9. The molecule has 0 saturated carbocycles. The van der Waals surface area contributed by atoms with Crippen LogP contribution in [0.15, 0.2) is 24.3 Å². The van der Waals surface area contributed by atoms with E-state index in [1.165, 1.54) is 22.4 Å². The number of nitrogens with zero attached hydrogens (tertiary/aromatic N) is 1. The van der Waals surface area contributed by atoms with E-state index in [-0.39, 0.29) is 4.95 Å². The Balaban J connectivity index is 1.89. The zero-order chi connectivity index (χ0) is 14.7. The van der Waals surface area contributed by atoms with Crippen LogP contribution >= 0.6 is 15.9 Å². The standard InChI is InChI=1S/C16H17BrN2O2/c1-19-7-8(16(20)21)5-10-9-3-2-4-12-14(9)11(6-13(10)19)15(17)18-12/h2-5,8,11,13,15,18H,6-7H2,1H3,(H,20,21)/t8-,11?,13-,15?/m1/s1. The van der Waals surface area contributed by atoms with Gasteiger partial charge in [0.25, 0.3) is 0 Å². The quantitative estimate of drug-likeness (QED) is 0.605. The predicted molar refractivity (Wildman–Crippen MR) is 85.7 cm³/mol. The average Bonchev–Trinajstić information content (AvgIpc) is 2.77. The van der Waals surface area contributed by atoms with Crippen molar-refractivity contribution in [1.29, 1.82) is 0 Å². The summed E-state index contributed by atoms with van der Waals surface area (Å²) >= 11 is 3.74. The highest BCUT2D eigenvalue weighted by molar-refractivity contribution is 9.09. The topological polar surface area (TPSA) is 52.6 Å². The molecular formula is C16H17BrN2O2. The van der Waals surface area contributed by atoms with Gasteiger partial charge in [-0.25, -0.2) is 0 Å². The monoisotopic (exact) mass is 348 g/mol. The lowest BCUT2D eigenvalue weighted by molar-refractivity contribution is -0.140. The first-order valence-corrected chi connectivity index (χ1v) is 8.16. The van der Waals surface area contributed by atoms with Gasteiger partial charge < -0.3 is 10.4 Å². The van der Waals surface area contributed by atoms with E-state index in [0.29, 0.717) is 18.5 Å². The number of fused-ring (bicyclic) bond motifs is 2. The molecule has 21 heavy (non-hydrogen) atoms. The minimum absolute atomic E-state index is 0.265. The van der Waals surface area contributed by atoms with Gasteiger partial charge in [0.15, 0.2) is 0 Å². The molecular weight excluding hydrogens is 332 g/mol. The largest absolute Gasteiger partial charge is 0.481 e. The molecule has 3 aliphatic rings. The number of carbonyl (C=O) groups is 1. The minimum atomic E-state index is -0.737. The van der Waals surface area contributed by atoms with Gasteiger partial charge in [0.2, 0.25) is 0 Å². The molecule has 5 heteroatoms. The van der Waals surface area contributed by atoms with Gasteiger partial charge in [0.05, 0.1) is 10.9 Å². The number of hydrogen-bond donors (Lipinski definition) is 2. The highest BCUT2D eigenvalue weighted by atomic mass is 79.9. The minimum Gasteiger partial charge on any atom is -0.481 e. The highest BCUT2D eigenvalue weighted by Gasteiger charge is 2.43. The summed E-state index contributed by atoms with van der Waals surface area (Å²) in [7, 11) is 2.04. The molecule has 0 aromatic heterocycles. The van der Waals surface area contributed by atoms with Crippen LogP contribution in [0.5, 0.6) is 0 Å². The van der Waals surface area contributed by atoms with Crippen LogP contribution in [0.25, 0.3) is 5.57 Å². The van der Waals surface area contributed by atoms with Crippen LogP contribution in [-0.4, -0.2) is 40.6 Å². The Morgan fingerprint density at radius 1 is 1.48 bits per heavy atom. The van der Waals surface area contributed by atoms with Gasteiger partial charge in [0.1, 0.15) is 0 Å². The molecule has 2 aliphatic heterocycles. The summed E-state index contributed by atoms with van der Waals surface area (Å²) in [6.07, 6.45) is 3.00. The smallest absolute Gasteiger partial charge is 0.311 e. The lowest BCUT2D eigenvalue weighted by atomic mass is 9.74. The molecule has 4 rings (SSSR count). The van der Waals surface area contributed by atoms with Gasteiger partial charge in [-0.1, -0.05) is 34.1 Å². The molecule has 4 nitrogen and oxygen atoms in total. The third kappa shape index (κ3) is 1.87. The number of likely N-dealkylation sites (N-methyl/N-ethyl adjacent to an activating group) is 1. The maximum Gasteiger partial charge on any atom is 0.311 e. The van der Waals surface area contributed by atoms with Gasteiger partial charge >= 0.3 is 5.97 Å². The molecule has 0 radical (unpaired) electrons. The number of hydrogen-bond acceptors (Lipinski definition) is 3. The number of rotatable bonds is 1. The number of nitrogens with one attached hydrogen (secondary N) is 1. The SMILES string of the molecule is CN1C[C@H](C(=O)O)C=C2c3cccc4c3C(C[C@H]21)C(Br)N4. The Labute approximate surface area is 132 Å². The second kappa shape index (κ2) is 4.58. The first kappa shape index (κ1) is 13.3. The van der Waals surface area contributed by atoms with E-state index in [0.717, 1.165) is 6.42 Å². The number of carboxylic acid groups (broad SMARTS) is 1. The van der Waals surface area contributed by atoms with Crippen LogP contribution in [0.4, 0.5) is 5.69 Å². The van der Waals surface area contributed by atoms with E-state index in [4.69, 9.17) is 0 Å². The molecule has 0 amide bonds. The Bertz CT molecular complexity index is 658. The summed E-state index contributed by atoms with van der Waals surface area (Å²) in [6.45, 7) is 0.589. The third-order valence-corrected chi connectivity index (χ3v) is 5.85. The zero-order valence-corrected chi connectivity index (χ0v) is 13.3. The normalized spacial score (nSPS) is 33.7. The lowest BCUT2D eigenvalue weighted by Crippen LogP contribution is -2.45. The summed E-state index contributed by atoms with van der Waals surface area (Å²) in [5, 5.41) is 12.9. The molecule has 1 aliphatic carbocycles. The summed E-state index contributed by atoms with van der Waals surface area (Å²) < 4.78 is 0. The second-order valence-electron chi connectivity index (χ2n) is 6.18. The highest BCUT2D eigenvalue weighted by Crippen LogP contribution is 2.51. The van der Waals surface area contributed by atoms with Crippen LogP contribution in [0, 0.1) is 5.92 Å². The number of aliphatic carboxylic acids is 1. The molecule has 2 heterocycles. The van der Waals surface area contributed by atoms with Crippen LogP contribution in [-0.2, 0) is 4.79 Å². The van der Waals surface area contributed by atoms with Crippen molar-refractivity contribution in [2.45, 2.75) is 23.3 Å². The predicted octanol–water partition coefficient (Wildman–Crippen LogP) is 2.72. The van der Waals surface area contributed by atoms with E-state index in [9.17, 15) is 9.90 Å². The van der Waals surface area contributed by atoms with Crippen molar-refractivity contribution in [3.63, 3.8) is 0 Å². The van der Waals surface area contributed by atoms with Crippen molar-refractivity contribution in [2.24, 2.45) is 5.92 Å². The second-order valence-corrected chi connectivity index (χ2v) is 7.16. The fraction of sp³-hybridized carbons (Fsp3) is 0.438. The molecule has 0 bridgehead atoms. The third-order valence-electron chi connectivity index (χ3n) is 4.99. The number of alkyl halides is 1. The molecule has 0 fully saturated rings. The average molecular weight is 349 g/mol. The molecule has 4 atom stereocenters. The first-order chi connectivity index (χ1) is 10.1. The Morgan fingerprint density at radius 3 is 3.05 bits per heavy atom. The van der Waals surface area contributed by atoms with Gasteiger partial charge in [-0.2, -0.15) is 0 Å². The Hall–Kier alpha value is -1.33. The molecule has 0 saturated heterocycles. The fourth-order valence-corrected chi connectivity index (χ4v) is 4.72. The van der Waals surface area contributed by atoms with Gasteiger partial charge in [-0.3, -0.25) is 9.69 Å². The maximum atomic E-state index is 11.4. The van der Waals surface area contributed by atoms with E-state index in [1.807, 2.05) is 13.1 Å².